The molecule has 1 atom stereocenters. The maximum Gasteiger partial charge on any atom is 0.417 e. The quantitative estimate of drug-likeness (QED) is 0.842. The summed E-state index contributed by atoms with van der Waals surface area (Å²) in [4.78, 5) is 12.9. The SMILES string of the molecule is N#Cc1ccc(N2CCC(N)C2=O)cc1C(F)(F)F. The summed E-state index contributed by atoms with van der Waals surface area (Å²) in [6.45, 7) is 0.281. The zero-order chi connectivity index (χ0) is 14.2. The minimum atomic E-state index is -4.63. The number of carbonyl (C=O) groups excluding carboxylic acids is 1. The van der Waals surface area contributed by atoms with Crippen LogP contribution < -0.4 is 10.6 Å². The summed E-state index contributed by atoms with van der Waals surface area (Å²) in [6.07, 6.45) is -4.23. The lowest BCUT2D eigenvalue weighted by Crippen LogP contribution is -2.34. The van der Waals surface area contributed by atoms with Crippen LogP contribution in [0.15, 0.2) is 18.2 Å². The molecule has 1 aliphatic rings. The molecular formula is C12H10F3N3O. The molecule has 1 aromatic rings. The van der Waals surface area contributed by atoms with Gasteiger partial charge in [-0.3, -0.25) is 4.79 Å². The number of nitrogens with two attached hydrogens (primary N) is 1. The number of hydrogen-bond donors (Lipinski definition) is 1. The number of amides is 1. The number of rotatable bonds is 1. The fraction of sp³-hybridized carbons (Fsp3) is 0.333. The highest BCUT2D eigenvalue weighted by molar-refractivity contribution is 5.99. The first-order valence-corrected chi connectivity index (χ1v) is 5.53. The first-order chi connectivity index (χ1) is 8.84. The monoisotopic (exact) mass is 269 g/mol. The van der Waals surface area contributed by atoms with Gasteiger partial charge in [-0.25, -0.2) is 0 Å². The summed E-state index contributed by atoms with van der Waals surface area (Å²) in [7, 11) is 0. The van der Waals surface area contributed by atoms with Crippen LogP contribution in [-0.4, -0.2) is 18.5 Å². The second-order valence-electron chi connectivity index (χ2n) is 4.22. The minimum absolute atomic E-state index is 0.115. The van der Waals surface area contributed by atoms with E-state index in [0.717, 1.165) is 12.1 Å². The number of benzene rings is 1. The van der Waals surface area contributed by atoms with Crippen molar-refractivity contribution in [1.82, 2.24) is 0 Å². The fourth-order valence-electron chi connectivity index (χ4n) is 1.99. The molecule has 1 fully saturated rings. The van der Waals surface area contributed by atoms with Gasteiger partial charge in [0.2, 0.25) is 5.91 Å². The lowest BCUT2D eigenvalue weighted by atomic mass is 10.1. The second kappa shape index (κ2) is 4.55. The number of alkyl halides is 3. The van der Waals surface area contributed by atoms with Crippen molar-refractivity contribution in [2.75, 3.05) is 11.4 Å². The summed E-state index contributed by atoms with van der Waals surface area (Å²) in [5.41, 5.74) is 4.13. The van der Waals surface area contributed by atoms with Crippen LogP contribution in [0.5, 0.6) is 0 Å². The van der Waals surface area contributed by atoms with E-state index in [4.69, 9.17) is 11.0 Å². The van der Waals surface area contributed by atoms with Crippen molar-refractivity contribution in [3.05, 3.63) is 29.3 Å². The molecule has 19 heavy (non-hydrogen) atoms. The summed E-state index contributed by atoms with van der Waals surface area (Å²) in [6, 6.07) is 4.02. The Morgan fingerprint density at radius 1 is 1.42 bits per heavy atom. The van der Waals surface area contributed by atoms with E-state index >= 15 is 0 Å². The Kier molecular flexibility index (Phi) is 3.20. The van der Waals surface area contributed by atoms with E-state index in [1.807, 2.05) is 0 Å². The van der Waals surface area contributed by atoms with Gasteiger partial charge in [-0.2, -0.15) is 18.4 Å². The van der Waals surface area contributed by atoms with Gasteiger partial charge in [-0.15, -0.1) is 0 Å². The molecule has 0 saturated carbocycles. The molecule has 7 heteroatoms. The van der Waals surface area contributed by atoms with Crippen molar-refractivity contribution in [3.63, 3.8) is 0 Å². The number of nitrogens with zero attached hydrogens (tertiary/aromatic N) is 2. The van der Waals surface area contributed by atoms with Crippen LogP contribution >= 0.6 is 0 Å². The number of halogens is 3. The van der Waals surface area contributed by atoms with Crippen molar-refractivity contribution in [3.8, 4) is 6.07 Å². The normalized spacial score (nSPS) is 19.6. The summed E-state index contributed by atoms with van der Waals surface area (Å²) in [5, 5.41) is 8.68. The van der Waals surface area contributed by atoms with Crippen molar-refractivity contribution in [2.45, 2.75) is 18.6 Å². The standard InChI is InChI=1S/C12H10F3N3O/c13-12(14,15)9-5-8(2-1-7(9)6-16)18-4-3-10(17)11(18)19/h1-2,5,10H,3-4,17H2. The van der Waals surface area contributed by atoms with Crippen molar-refractivity contribution < 1.29 is 18.0 Å². The number of nitriles is 1. The second-order valence-corrected chi connectivity index (χ2v) is 4.22. The molecule has 0 bridgehead atoms. The smallest absolute Gasteiger partial charge is 0.320 e. The van der Waals surface area contributed by atoms with E-state index in [0.29, 0.717) is 6.42 Å². The molecule has 100 valence electrons. The molecule has 1 aliphatic heterocycles. The molecule has 4 nitrogen and oxygen atoms in total. The molecule has 0 spiro atoms. The molecule has 0 radical (unpaired) electrons. The summed E-state index contributed by atoms with van der Waals surface area (Å²) in [5.74, 6) is -0.405. The topological polar surface area (TPSA) is 70.1 Å². The van der Waals surface area contributed by atoms with Gasteiger partial charge < -0.3 is 10.6 Å². The van der Waals surface area contributed by atoms with Gasteiger partial charge in [0.25, 0.3) is 0 Å². The molecule has 1 saturated heterocycles. The van der Waals surface area contributed by atoms with Gasteiger partial charge >= 0.3 is 6.18 Å². The van der Waals surface area contributed by atoms with Gasteiger partial charge in [0.15, 0.2) is 0 Å². The lowest BCUT2D eigenvalue weighted by Gasteiger charge is -2.18. The van der Waals surface area contributed by atoms with Crippen LogP contribution in [0, 0.1) is 11.3 Å². The van der Waals surface area contributed by atoms with Crippen molar-refractivity contribution in [2.24, 2.45) is 5.73 Å². The molecule has 1 heterocycles. The number of anilines is 1. The predicted molar refractivity (Wildman–Crippen MR) is 61.1 cm³/mol. The van der Waals surface area contributed by atoms with Gasteiger partial charge in [-0.05, 0) is 24.6 Å². The van der Waals surface area contributed by atoms with E-state index in [1.54, 1.807) is 0 Å². The van der Waals surface area contributed by atoms with Gasteiger partial charge in [0.1, 0.15) is 0 Å². The average Bonchev–Trinajstić information content (AvgIpc) is 2.68. The van der Waals surface area contributed by atoms with Crippen LogP contribution in [0.3, 0.4) is 0 Å². The number of carbonyl (C=O) groups is 1. The Labute approximate surface area is 107 Å². The third-order valence-corrected chi connectivity index (χ3v) is 2.99. The van der Waals surface area contributed by atoms with Crippen LogP contribution in [0.1, 0.15) is 17.5 Å². The Balaban J connectivity index is 2.45. The minimum Gasteiger partial charge on any atom is -0.320 e. The molecule has 2 rings (SSSR count). The lowest BCUT2D eigenvalue weighted by molar-refractivity contribution is -0.137. The Morgan fingerprint density at radius 2 is 2.11 bits per heavy atom. The van der Waals surface area contributed by atoms with Crippen LogP contribution in [-0.2, 0) is 11.0 Å². The van der Waals surface area contributed by atoms with E-state index in [2.05, 4.69) is 0 Å². The predicted octanol–water partition coefficient (Wildman–Crippen LogP) is 1.64. The summed E-state index contributed by atoms with van der Waals surface area (Å²) >= 11 is 0. The molecule has 0 aromatic heterocycles. The maximum atomic E-state index is 12.8. The Hall–Kier alpha value is -2.07. The molecule has 2 N–H and O–H groups in total. The maximum absolute atomic E-state index is 12.8. The first-order valence-electron chi connectivity index (χ1n) is 5.53. The van der Waals surface area contributed by atoms with E-state index < -0.39 is 29.3 Å². The fourth-order valence-corrected chi connectivity index (χ4v) is 1.99. The highest BCUT2D eigenvalue weighted by atomic mass is 19.4. The zero-order valence-corrected chi connectivity index (χ0v) is 9.74. The van der Waals surface area contributed by atoms with Crippen molar-refractivity contribution >= 4 is 11.6 Å². The van der Waals surface area contributed by atoms with Gasteiger partial charge in [-0.1, -0.05) is 0 Å². The molecule has 1 aromatic carbocycles. The zero-order valence-electron chi connectivity index (χ0n) is 9.74. The third-order valence-electron chi connectivity index (χ3n) is 2.99. The summed E-state index contributed by atoms with van der Waals surface area (Å²) < 4.78 is 38.4. The van der Waals surface area contributed by atoms with E-state index in [-0.39, 0.29) is 12.2 Å². The first kappa shape index (κ1) is 13.4. The largest absolute Gasteiger partial charge is 0.417 e. The molecule has 1 unspecified atom stereocenters. The molecule has 1 amide bonds. The van der Waals surface area contributed by atoms with Crippen molar-refractivity contribution in [1.29, 1.82) is 5.26 Å². The third kappa shape index (κ3) is 2.39. The van der Waals surface area contributed by atoms with Crippen LogP contribution in [0.25, 0.3) is 0 Å². The van der Waals surface area contributed by atoms with Crippen LogP contribution in [0.4, 0.5) is 18.9 Å². The highest BCUT2D eigenvalue weighted by Gasteiger charge is 2.36. The Morgan fingerprint density at radius 3 is 2.58 bits per heavy atom. The molecular weight excluding hydrogens is 259 g/mol. The van der Waals surface area contributed by atoms with Gasteiger partial charge in [0.05, 0.1) is 23.2 Å². The highest BCUT2D eigenvalue weighted by Crippen LogP contribution is 2.35. The van der Waals surface area contributed by atoms with Crippen LogP contribution in [0.2, 0.25) is 0 Å². The Bertz CT molecular complexity index is 562. The van der Waals surface area contributed by atoms with Gasteiger partial charge in [0, 0.05) is 12.2 Å². The number of hydrogen-bond acceptors (Lipinski definition) is 3. The van der Waals surface area contributed by atoms with E-state index in [1.165, 1.54) is 17.0 Å². The van der Waals surface area contributed by atoms with E-state index in [9.17, 15) is 18.0 Å². The average molecular weight is 269 g/mol. The molecule has 0 aliphatic carbocycles.